The molecule has 9 heteroatoms. The van der Waals surface area contributed by atoms with Crippen LogP contribution in [0, 0.1) is 5.82 Å². The lowest BCUT2D eigenvalue weighted by Crippen LogP contribution is -2.16. The standard InChI is InChI=1S/C20H17BrFN3O3S/c1-2-27-18(26)11-28-19-14(8-15(21)9-16(19)22)10-23-25-20-24-17(12-29-20)13-6-4-3-5-7-13/h3-10,12H,2,11H2,1H3,(H,24,25). The summed E-state index contributed by atoms with van der Waals surface area (Å²) in [5.41, 5.74) is 5.02. The van der Waals surface area contributed by atoms with Crippen molar-refractivity contribution in [1.82, 2.24) is 4.98 Å². The molecule has 0 amide bonds. The van der Waals surface area contributed by atoms with Gasteiger partial charge in [-0.1, -0.05) is 46.3 Å². The second-order valence-electron chi connectivity index (χ2n) is 5.67. The van der Waals surface area contributed by atoms with E-state index in [9.17, 15) is 9.18 Å². The molecule has 0 atom stereocenters. The second kappa shape index (κ2) is 10.1. The SMILES string of the molecule is CCOC(=O)COc1c(F)cc(Br)cc1C=NNc1nc(-c2ccccc2)cs1. The van der Waals surface area contributed by atoms with Gasteiger partial charge in [0, 0.05) is 21.0 Å². The zero-order chi connectivity index (χ0) is 20.6. The summed E-state index contributed by atoms with van der Waals surface area (Å²) in [5, 5.41) is 6.62. The van der Waals surface area contributed by atoms with E-state index in [1.54, 1.807) is 13.0 Å². The fourth-order valence-corrected chi connectivity index (χ4v) is 3.50. The van der Waals surface area contributed by atoms with Crippen LogP contribution in [0.2, 0.25) is 0 Å². The first-order chi connectivity index (χ1) is 14.1. The van der Waals surface area contributed by atoms with Crippen molar-refractivity contribution in [3.63, 3.8) is 0 Å². The highest BCUT2D eigenvalue weighted by molar-refractivity contribution is 9.10. The number of rotatable bonds is 8. The molecule has 0 aliphatic heterocycles. The fourth-order valence-electron chi connectivity index (χ4n) is 2.39. The minimum atomic E-state index is -0.620. The van der Waals surface area contributed by atoms with Crippen LogP contribution < -0.4 is 10.2 Å². The van der Waals surface area contributed by atoms with Gasteiger partial charge in [0.05, 0.1) is 18.5 Å². The van der Waals surface area contributed by atoms with Gasteiger partial charge in [-0.15, -0.1) is 11.3 Å². The van der Waals surface area contributed by atoms with E-state index >= 15 is 0 Å². The Hall–Kier alpha value is -2.78. The van der Waals surface area contributed by atoms with Gasteiger partial charge in [-0.05, 0) is 19.1 Å². The Balaban J connectivity index is 1.71. The van der Waals surface area contributed by atoms with Crippen molar-refractivity contribution in [2.24, 2.45) is 5.10 Å². The number of carbonyl (C=O) groups is 1. The van der Waals surface area contributed by atoms with Crippen molar-refractivity contribution in [2.45, 2.75) is 6.92 Å². The Kier molecular flexibility index (Phi) is 7.31. The number of hydrazone groups is 1. The lowest BCUT2D eigenvalue weighted by Gasteiger charge is -2.10. The molecule has 1 aromatic heterocycles. The molecule has 0 saturated heterocycles. The monoisotopic (exact) mass is 477 g/mol. The minimum Gasteiger partial charge on any atom is -0.478 e. The van der Waals surface area contributed by atoms with Crippen LogP contribution in [-0.4, -0.2) is 30.4 Å². The molecule has 6 nitrogen and oxygen atoms in total. The number of thiazole rings is 1. The topological polar surface area (TPSA) is 72.8 Å². The maximum absolute atomic E-state index is 14.3. The summed E-state index contributed by atoms with van der Waals surface area (Å²) in [7, 11) is 0. The summed E-state index contributed by atoms with van der Waals surface area (Å²) < 4.78 is 24.9. The molecule has 0 saturated carbocycles. The van der Waals surface area contributed by atoms with E-state index in [-0.39, 0.29) is 12.4 Å². The van der Waals surface area contributed by atoms with E-state index in [2.05, 4.69) is 31.4 Å². The Morgan fingerprint density at radius 1 is 1.34 bits per heavy atom. The number of esters is 1. The lowest BCUT2D eigenvalue weighted by atomic mass is 10.2. The van der Waals surface area contributed by atoms with Crippen molar-refractivity contribution in [3.05, 3.63) is 63.7 Å². The first-order valence-corrected chi connectivity index (χ1v) is 10.3. The van der Waals surface area contributed by atoms with Crippen molar-refractivity contribution in [3.8, 4) is 17.0 Å². The highest BCUT2D eigenvalue weighted by atomic mass is 79.9. The van der Waals surface area contributed by atoms with Crippen LogP contribution in [0.15, 0.2) is 57.4 Å². The number of aromatic nitrogens is 1. The van der Waals surface area contributed by atoms with Gasteiger partial charge in [0.1, 0.15) is 0 Å². The number of benzene rings is 2. The first-order valence-electron chi connectivity index (χ1n) is 8.64. The molecule has 0 spiro atoms. The van der Waals surface area contributed by atoms with Gasteiger partial charge in [0.25, 0.3) is 0 Å². The summed E-state index contributed by atoms with van der Waals surface area (Å²) in [4.78, 5) is 16.0. The third-order valence-corrected chi connectivity index (χ3v) is 4.82. The Bertz CT molecular complexity index is 1010. The molecule has 1 heterocycles. The maximum Gasteiger partial charge on any atom is 0.344 e. The summed E-state index contributed by atoms with van der Waals surface area (Å²) in [6.07, 6.45) is 1.40. The van der Waals surface area contributed by atoms with Gasteiger partial charge in [-0.25, -0.2) is 14.2 Å². The number of carbonyl (C=O) groups excluding carboxylic acids is 1. The first kappa shape index (κ1) is 20.9. The van der Waals surface area contributed by atoms with Crippen LogP contribution in [0.3, 0.4) is 0 Å². The number of hydrogen-bond donors (Lipinski definition) is 1. The van der Waals surface area contributed by atoms with Crippen LogP contribution >= 0.6 is 27.3 Å². The van der Waals surface area contributed by atoms with Gasteiger partial charge in [0.2, 0.25) is 5.13 Å². The number of nitrogens with one attached hydrogen (secondary N) is 1. The van der Waals surface area contributed by atoms with E-state index < -0.39 is 18.4 Å². The fraction of sp³-hybridized carbons (Fsp3) is 0.150. The van der Waals surface area contributed by atoms with Gasteiger partial charge < -0.3 is 9.47 Å². The van der Waals surface area contributed by atoms with Crippen LogP contribution in [0.1, 0.15) is 12.5 Å². The Labute approximate surface area is 179 Å². The average molecular weight is 478 g/mol. The van der Waals surface area contributed by atoms with Crippen molar-refractivity contribution in [2.75, 3.05) is 18.6 Å². The molecule has 3 rings (SSSR count). The molecule has 0 fully saturated rings. The predicted octanol–water partition coefficient (Wildman–Crippen LogP) is 5.10. The molecule has 0 unspecified atom stereocenters. The van der Waals surface area contributed by atoms with Crippen molar-refractivity contribution >= 4 is 44.6 Å². The van der Waals surface area contributed by atoms with E-state index in [4.69, 9.17) is 9.47 Å². The van der Waals surface area contributed by atoms with E-state index in [0.29, 0.717) is 15.2 Å². The third kappa shape index (κ3) is 5.85. The van der Waals surface area contributed by atoms with Crippen LogP contribution in [0.25, 0.3) is 11.3 Å². The van der Waals surface area contributed by atoms with Crippen LogP contribution in [0.4, 0.5) is 9.52 Å². The molecule has 0 aliphatic carbocycles. The zero-order valence-corrected chi connectivity index (χ0v) is 17.8. The molecule has 0 bridgehead atoms. The van der Waals surface area contributed by atoms with Crippen molar-refractivity contribution < 1.29 is 18.7 Å². The lowest BCUT2D eigenvalue weighted by molar-refractivity contribution is -0.145. The normalized spacial score (nSPS) is 10.9. The van der Waals surface area contributed by atoms with E-state index in [0.717, 1.165) is 11.3 Å². The predicted molar refractivity (Wildman–Crippen MR) is 115 cm³/mol. The van der Waals surface area contributed by atoms with E-state index in [1.165, 1.54) is 23.6 Å². The van der Waals surface area contributed by atoms with Gasteiger partial charge in [0.15, 0.2) is 18.2 Å². The molecule has 2 aromatic carbocycles. The molecule has 1 N–H and O–H groups in total. The van der Waals surface area contributed by atoms with Gasteiger partial charge in [-0.2, -0.15) is 5.10 Å². The largest absolute Gasteiger partial charge is 0.478 e. The molecule has 0 radical (unpaired) electrons. The number of nitrogens with zero attached hydrogens (tertiary/aromatic N) is 2. The van der Waals surface area contributed by atoms with E-state index in [1.807, 2.05) is 35.7 Å². The summed E-state index contributed by atoms with van der Waals surface area (Å²) in [6.45, 7) is 1.51. The number of hydrogen-bond acceptors (Lipinski definition) is 7. The highest BCUT2D eigenvalue weighted by Gasteiger charge is 2.13. The molecule has 3 aromatic rings. The quantitative estimate of drug-likeness (QED) is 0.277. The summed E-state index contributed by atoms with van der Waals surface area (Å²) >= 11 is 4.64. The van der Waals surface area contributed by atoms with Gasteiger partial charge in [-0.3, -0.25) is 5.43 Å². The molecule has 150 valence electrons. The number of ether oxygens (including phenoxy) is 2. The van der Waals surface area contributed by atoms with Crippen LogP contribution in [0.5, 0.6) is 5.75 Å². The number of anilines is 1. The highest BCUT2D eigenvalue weighted by Crippen LogP contribution is 2.27. The minimum absolute atomic E-state index is 0.0871. The van der Waals surface area contributed by atoms with Crippen molar-refractivity contribution in [1.29, 1.82) is 0 Å². The van der Waals surface area contributed by atoms with Crippen LogP contribution in [-0.2, 0) is 9.53 Å². The zero-order valence-electron chi connectivity index (χ0n) is 15.4. The number of halogens is 2. The molecule has 0 aliphatic rings. The maximum atomic E-state index is 14.3. The smallest absolute Gasteiger partial charge is 0.344 e. The summed E-state index contributed by atoms with van der Waals surface area (Å²) in [5.74, 6) is -1.28. The summed E-state index contributed by atoms with van der Waals surface area (Å²) in [6, 6.07) is 12.7. The molecular formula is C20H17BrFN3O3S. The average Bonchev–Trinajstić information content (AvgIpc) is 3.17. The third-order valence-electron chi connectivity index (χ3n) is 3.61. The Morgan fingerprint density at radius 3 is 2.90 bits per heavy atom. The molecular weight excluding hydrogens is 461 g/mol. The Morgan fingerprint density at radius 2 is 2.14 bits per heavy atom. The second-order valence-corrected chi connectivity index (χ2v) is 7.45. The molecule has 29 heavy (non-hydrogen) atoms. The van der Waals surface area contributed by atoms with Gasteiger partial charge >= 0.3 is 5.97 Å².